The van der Waals surface area contributed by atoms with Crippen LogP contribution in [0.4, 0.5) is 11.4 Å². The van der Waals surface area contributed by atoms with E-state index in [9.17, 15) is 18.3 Å². The fourth-order valence-corrected chi connectivity index (χ4v) is 3.22. The number of benzene rings is 2. The molecule has 8 heteroatoms. The normalized spacial score (nSPS) is 11.3. The minimum atomic E-state index is -4.16. The standard InChI is InChI=1S/C15H13N3O4S/c19-10-18(13-5-4-11-6-7-16-15(11)9-13)23(21,22)17-12-2-1-3-14(20)8-12/h1-10,16-17,20H. The van der Waals surface area contributed by atoms with Crippen molar-refractivity contribution in [2.24, 2.45) is 0 Å². The van der Waals surface area contributed by atoms with E-state index in [0.717, 1.165) is 5.39 Å². The van der Waals surface area contributed by atoms with Crippen LogP contribution < -0.4 is 9.03 Å². The fraction of sp³-hybridized carbons (Fsp3) is 0. The van der Waals surface area contributed by atoms with Crippen molar-refractivity contribution in [3.05, 3.63) is 54.7 Å². The molecule has 1 amide bonds. The molecule has 0 fully saturated rings. The van der Waals surface area contributed by atoms with Gasteiger partial charge >= 0.3 is 10.2 Å². The molecule has 0 saturated heterocycles. The first-order chi connectivity index (χ1) is 11.0. The molecule has 3 rings (SSSR count). The highest BCUT2D eigenvalue weighted by Gasteiger charge is 2.22. The van der Waals surface area contributed by atoms with Gasteiger partial charge in [-0.2, -0.15) is 12.7 Å². The molecule has 2 aromatic carbocycles. The number of H-pyrrole nitrogens is 1. The number of anilines is 2. The van der Waals surface area contributed by atoms with E-state index in [1.165, 1.54) is 30.3 Å². The zero-order valence-electron chi connectivity index (χ0n) is 11.8. The lowest BCUT2D eigenvalue weighted by Gasteiger charge is -2.19. The average Bonchev–Trinajstić information content (AvgIpc) is 2.94. The van der Waals surface area contributed by atoms with Gasteiger partial charge in [-0.3, -0.25) is 9.52 Å². The van der Waals surface area contributed by atoms with Crippen LogP contribution in [0.15, 0.2) is 54.7 Å². The molecule has 1 aromatic heterocycles. The van der Waals surface area contributed by atoms with E-state index in [0.29, 0.717) is 9.82 Å². The second kappa shape index (κ2) is 5.65. The molecule has 0 spiro atoms. The number of nitrogens with zero attached hydrogens (tertiary/aromatic N) is 1. The molecule has 0 aliphatic carbocycles. The number of aromatic amines is 1. The number of phenolic OH excluding ortho intramolecular Hbond substituents is 1. The van der Waals surface area contributed by atoms with Crippen molar-refractivity contribution in [3.63, 3.8) is 0 Å². The molecule has 1 heterocycles. The summed E-state index contributed by atoms with van der Waals surface area (Å²) in [5, 5.41) is 10.3. The number of aromatic nitrogens is 1. The van der Waals surface area contributed by atoms with Crippen LogP contribution in [0, 0.1) is 0 Å². The zero-order chi connectivity index (χ0) is 16.4. The first kappa shape index (κ1) is 14.9. The highest BCUT2D eigenvalue weighted by atomic mass is 32.2. The molecule has 118 valence electrons. The quantitative estimate of drug-likeness (QED) is 0.624. The van der Waals surface area contributed by atoms with Gasteiger partial charge in [0, 0.05) is 17.8 Å². The van der Waals surface area contributed by atoms with E-state index in [2.05, 4.69) is 9.71 Å². The van der Waals surface area contributed by atoms with Crippen LogP contribution in [-0.4, -0.2) is 24.9 Å². The maximum atomic E-state index is 12.4. The lowest BCUT2D eigenvalue weighted by Crippen LogP contribution is -2.34. The number of carbonyl (C=O) groups excluding carboxylic acids is 1. The summed E-state index contributed by atoms with van der Waals surface area (Å²) in [5.41, 5.74) is 1.06. The third-order valence-electron chi connectivity index (χ3n) is 3.24. The Balaban J connectivity index is 1.96. The average molecular weight is 331 g/mol. The molecule has 3 aromatic rings. The number of phenols is 1. The van der Waals surface area contributed by atoms with Crippen molar-refractivity contribution in [2.75, 3.05) is 9.03 Å². The number of hydrogen-bond acceptors (Lipinski definition) is 4. The largest absolute Gasteiger partial charge is 0.508 e. The molecule has 0 bridgehead atoms. The summed E-state index contributed by atoms with van der Waals surface area (Å²) >= 11 is 0. The van der Waals surface area contributed by atoms with Gasteiger partial charge in [0.25, 0.3) is 0 Å². The molecule has 0 aliphatic heterocycles. The second-order valence-electron chi connectivity index (χ2n) is 4.81. The molecular formula is C15H13N3O4S. The van der Waals surface area contributed by atoms with Gasteiger partial charge in [0.15, 0.2) is 0 Å². The minimum absolute atomic E-state index is 0.0874. The number of fused-ring (bicyclic) bond motifs is 1. The van der Waals surface area contributed by atoms with E-state index in [1.54, 1.807) is 18.3 Å². The van der Waals surface area contributed by atoms with Crippen LogP contribution in [0.3, 0.4) is 0 Å². The van der Waals surface area contributed by atoms with E-state index in [-0.39, 0.29) is 23.5 Å². The van der Waals surface area contributed by atoms with Crippen molar-refractivity contribution in [2.45, 2.75) is 0 Å². The number of rotatable bonds is 5. The van der Waals surface area contributed by atoms with E-state index < -0.39 is 10.2 Å². The summed E-state index contributed by atoms with van der Waals surface area (Å²) in [6.07, 6.45) is 1.94. The van der Waals surface area contributed by atoms with Gasteiger partial charge in [-0.25, -0.2) is 0 Å². The Bertz CT molecular complexity index is 966. The summed E-state index contributed by atoms with van der Waals surface area (Å²) in [6.45, 7) is 0. The lowest BCUT2D eigenvalue weighted by molar-refractivity contribution is -0.106. The summed E-state index contributed by atoms with van der Waals surface area (Å²) < 4.78 is 27.7. The third-order valence-corrected chi connectivity index (χ3v) is 4.55. The number of nitrogens with one attached hydrogen (secondary N) is 2. The van der Waals surface area contributed by atoms with E-state index in [4.69, 9.17) is 0 Å². The predicted molar refractivity (Wildman–Crippen MR) is 87.5 cm³/mol. The topological polar surface area (TPSA) is 103 Å². The van der Waals surface area contributed by atoms with Gasteiger partial charge in [-0.05, 0) is 35.7 Å². The summed E-state index contributed by atoms with van der Waals surface area (Å²) in [6, 6.07) is 12.3. The van der Waals surface area contributed by atoms with Crippen molar-refractivity contribution in [1.82, 2.24) is 4.98 Å². The molecule has 7 nitrogen and oxygen atoms in total. The molecule has 3 N–H and O–H groups in total. The summed E-state index contributed by atoms with van der Waals surface area (Å²) in [7, 11) is -4.16. The third kappa shape index (κ3) is 2.97. The first-order valence-electron chi connectivity index (χ1n) is 6.63. The van der Waals surface area contributed by atoms with Crippen LogP contribution in [0.25, 0.3) is 10.9 Å². The van der Waals surface area contributed by atoms with Crippen molar-refractivity contribution in [1.29, 1.82) is 0 Å². The Morgan fingerprint density at radius 3 is 2.70 bits per heavy atom. The molecule has 0 saturated carbocycles. The number of aromatic hydroxyl groups is 1. The van der Waals surface area contributed by atoms with Gasteiger partial charge in [0.2, 0.25) is 6.41 Å². The SMILES string of the molecule is O=CN(c1ccc2cc[nH]c2c1)S(=O)(=O)Nc1cccc(O)c1. The second-order valence-corrected chi connectivity index (χ2v) is 6.36. The van der Waals surface area contributed by atoms with Gasteiger partial charge in [-0.15, -0.1) is 0 Å². The van der Waals surface area contributed by atoms with Crippen LogP contribution in [0.5, 0.6) is 5.75 Å². The van der Waals surface area contributed by atoms with E-state index in [1.807, 2.05) is 6.07 Å². The number of hydrogen-bond donors (Lipinski definition) is 3. The Morgan fingerprint density at radius 2 is 1.96 bits per heavy atom. The Morgan fingerprint density at radius 1 is 1.13 bits per heavy atom. The maximum absolute atomic E-state index is 12.4. The van der Waals surface area contributed by atoms with Crippen molar-refractivity contribution < 1.29 is 18.3 Å². The Hall–Kier alpha value is -3.00. The molecule has 0 aliphatic rings. The highest BCUT2D eigenvalue weighted by molar-refractivity contribution is 7.94. The van der Waals surface area contributed by atoms with Gasteiger partial charge in [0.05, 0.1) is 11.4 Å². The smallest absolute Gasteiger partial charge is 0.330 e. The maximum Gasteiger partial charge on any atom is 0.330 e. The number of amides is 1. The highest BCUT2D eigenvalue weighted by Crippen LogP contribution is 2.24. The van der Waals surface area contributed by atoms with Gasteiger partial charge in [0.1, 0.15) is 5.75 Å². The predicted octanol–water partition coefficient (Wildman–Crippen LogP) is 2.19. The molecular weight excluding hydrogens is 318 g/mol. The van der Waals surface area contributed by atoms with Crippen LogP contribution in [-0.2, 0) is 15.0 Å². The van der Waals surface area contributed by atoms with Crippen LogP contribution >= 0.6 is 0 Å². The lowest BCUT2D eigenvalue weighted by atomic mass is 10.2. The number of carbonyl (C=O) groups is 1. The van der Waals surface area contributed by atoms with Crippen LogP contribution in [0.1, 0.15) is 0 Å². The molecule has 23 heavy (non-hydrogen) atoms. The summed E-state index contributed by atoms with van der Waals surface area (Å²) in [4.78, 5) is 14.3. The molecule has 0 radical (unpaired) electrons. The Kier molecular flexibility index (Phi) is 3.67. The van der Waals surface area contributed by atoms with Crippen molar-refractivity contribution in [3.8, 4) is 5.75 Å². The van der Waals surface area contributed by atoms with Gasteiger partial charge in [-0.1, -0.05) is 12.1 Å². The monoisotopic (exact) mass is 331 g/mol. The minimum Gasteiger partial charge on any atom is -0.508 e. The molecule has 0 unspecified atom stereocenters. The molecule has 0 atom stereocenters. The van der Waals surface area contributed by atoms with Crippen LogP contribution in [0.2, 0.25) is 0 Å². The van der Waals surface area contributed by atoms with E-state index >= 15 is 0 Å². The van der Waals surface area contributed by atoms with Crippen molar-refractivity contribution >= 4 is 38.9 Å². The fourth-order valence-electron chi connectivity index (χ4n) is 2.20. The van der Waals surface area contributed by atoms with Gasteiger partial charge < -0.3 is 10.1 Å². The first-order valence-corrected chi connectivity index (χ1v) is 8.07. The summed E-state index contributed by atoms with van der Waals surface area (Å²) in [5.74, 6) is -0.0874. The Labute approximate surface area is 132 Å². The zero-order valence-corrected chi connectivity index (χ0v) is 12.6.